The van der Waals surface area contributed by atoms with Crippen molar-refractivity contribution in [2.75, 3.05) is 0 Å². The van der Waals surface area contributed by atoms with Gasteiger partial charge >= 0.3 is 0 Å². The van der Waals surface area contributed by atoms with E-state index in [0.717, 1.165) is 0 Å². The second-order valence-corrected chi connectivity index (χ2v) is 5.24. The molecule has 0 aliphatic heterocycles. The maximum Gasteiger partial charge on any atom is 0.0477 e. The topological polar surface area (TPSA) is 0 Å². The van der Waals surface area contributed by atoms with Crippen LogP contribution in [-0.2, 0) is 0 Å². The quantitative estimate of drug-likeness (QED) is 0.594. The van der Waals surface area contributed by atoms with E-state index < -0.39 is 0 Å². The summed E-state index contributed by atoms with van der Waals surface area (Å²) in [5, 5.41) is 0. The number of hydrogen-bond acceptors (Lipinski definition) is 0. The third kappa shape index (κ3) is 1.10. The number of terminal acetylenes is 2. The molecule has 0 radical (unpaired) electrons. The van der Waals surface area contributed by atoms with Crippen molar-refractivity contribution in [1.82, 2.24) is 0 Å². The highest BCUT2D eigenvalue weighted by Gasteiger charge is 2.57. The molecule has 0 heterocycles. The maximum atomic E-state index is 5.73. The van der Waals surface area contributed by atoms with Gasteiger partial charge in [-0.25, -0.2) is 0 Å². The summed E-state index contributed by atoms with van der Waals surface area (Å²) in [6.07, 6.45) is 16.5. The van der Waals surface area contributed by atoms with Gasteiger partial charge in [0, 0.05) is 10.8 Å². The molecular weight excluding hydrogens is 168 g/mol. The van der Waals surface area contributed by atoms with Crippen molar-refractivity contribution in [1.29, 1.82) is 0 Å². The molecule has 0 saturated heterocycles. The van der Waals surface area contributed by atoms with Gasteiger partial charge in [0.1, 0.15) is 0 Å². The van der Waals surface area contributed by atoms with E-state index in [1.54, 1.807) is 0 Å². The normalized spacial score (nSPS) is 29.4. The molecule has 2 aliphatic carbocycles. The van der Waals surface area contributed by atoms with Gasteiger partial charge in [-0.3, -0.25) is 0 Å². The molecule has 2 rings (SSSR count). The van der Waals surface area contributed by atoms with Crippen molar-refractivity contribution in [3.8, 4) is 24.7 Å². The third-order valence-electron chi connectivity index (χ3n) is 4.47. The Labute approximate surface area is 87.5 Å². The molecule has 0 amide bonds. The van der Waals surface area contributed by atoms with E-state index in [4.69, 9.17) is 12.8 Å². The van der Waals surface area contributed by atoms with Crippen LogP contribution in [0.25, 0.3) is 0 Å². The summed E-state index contributed by atoms with van der Waals surface area (Å²) in [6.45, 7) is 4.39. The van der Waals surface area contributed by atoms with E-state index in [0.29, 0.717) is 11.8 Å². The van der Waals surface area contributed by atoms with Gasteiger partial charge in [0.2, 0.25) is 0 Å². The van der Waals surface area contributed by atoms with Crippen molar-refractivity contribution in [2.45, 2.75) is 39.5 Å². The van der Waals surface area contributed by atoms with Crippen LogP contribution in [0.2, 0.25) is 0 Å². The predicted molar refractivity (Wildman–Crippen MR) is 59.3 cm³/mol. The fraction of sp³-hybridized carbons (Fsp3) is 0.714. The largest absolute Gasteiger partial charge is 0.119 e. The van der Waals surface area contributed by atoms with Crippen molar-refractivity contribution in [3.05, 3.63) is 0 Å². The van der Waals surface area contributed by atoms with E-state index in [1.807, 2.05) is 0 Å². The van der Waals surface area contributed by atoms with Crippen LogP contribution in [0.15, 0.2) is 0 Å². The molecule has 2 atom stereocenters. The zero-order chi connectivity index (χ0) is 10.4. The lowest BCUT2D eigenvalue weighted by atomic mass is 9.61. The van der Waals surface area contributed by atoms with E-state index in [2.05, 4.69) is 25.7 Å². The maximum absolute atomic E-state index is 5.73. The van der Waals surface area contributed by atoms with Crippen molar-refractivity contribution >= 4 is 0 Å². The Bertz CT molecular complexity index is 285. The molecule has 0 nitrogen and oxygen atoms in total. The zero-order valence-electron chi connectivity index (χ0n) is 9.14. The minimum absolute atomic E-state index is 0.0666. The zero-order valence-corrected chi connectivity index (χ0v) is 9.14. The molecule has 0 aromatic rings. The summed E-state index contributed by atoms with van der Waals surface area (Å²) in [6, 6.07) is 0. The molecule has 0 heteroatoms. The molecule has 2 saturated carbocycles. The Morgan fingerprint density at radius 1 is 0.857 bits per heavy atom. The second-order valence-electron chi connectivity index (χ2n) is 5.24. The molecule has 0 N–H and O–H groups in total. The second kappa shape index (κ2) is 2.80. The third-order valence-corrected chi connectivity index (χ3v) is 4.47. The first-order valence-electron chi connectivity index (χ1n) is 5.54. The summed E-state index contributed by atoms with van der Waals surface area (Å²) in [5.41, 5.74) is -0.133. The molecule has 74 valence electrons. The van der Waals surface area contributed by atoms with Gasteiger partial charge < -0.3 is 0 Å². The van der Waals surface area contributed by atoms with Crippen LogP contribution in [0.3, 0.4) is 0 Å². The van der Waals surface area contributed by atoms with Crippen molar-refractivity contribution < 1.29 is 0 Å². The molecule has 2 aliphatic rings. The highest BCUT2D eigenvalue weighted by atomic mass is 14.6. The molecular formula is C14H18. The predicted octanol–water partition coefficient (Wildman–Crippen LogP) is 3.09. The van der Waals surface area contributed by atoms with Crippen molar-refractivity contribution in [3.63, 3.8) is 0 Å². The lowest BCUT2D eigenvalue weighted by Gasteiger charge is -2.40. The Hall–Kier alpha value is -0.880. The number of hydrogen-bond donors (Lipinski definition) is 0. The molecule has 0 bridgehead atoms. The standard InChI is InChI=1S/C14H18/c1-5-13(3,11-7-8-11)14(4,6-2)12-9-10-12/h1-2,11-12H,7-10H2,3-4H3. The van der Waals surface area contributed by atoms with Crippen LogP contribution in [0.4, 0.5) is 0 Å². The van der Waals surface area contributed by atoms with E-state index >= 15 is 0 Å². The van der Waals surface area contributed by atoms with Crippen LogP contribution in [0.5, 0.6) is 0 Å². The lowest BCUT2D eigenvalue weighted by molar-refractivity contribution is 0.146. The lowest BCUT2D eigenvalue weighted by Crippen LogP contribution is -2.39. The highest BCUT2D eigenvalue weighted by molar-refractivity contribution is 5.27. The minimum atomic E-state index is -0.0666. The van der Waals surface area contributed by atoms with Crippen LogP contribution < -0.4 is 0 Å². The average molecular weight is 186 g/mol. The summed E-state index contributed by atoms with van der Waals surface area (Å²) < 4.78 is 0. The molecule has 2 unspecified atom stereocenters. The van der Waals surface area contributed by atoms with Gasteiger partial charge in [-0.05, 0) is 51.4 Å². The van der Waals surface area contributed by atoms with Gasteiger partial charge in [0.15, 0.2) is 0 Å². The van der Waals surface area contributed by atoms with Gasteiger partial charge in [-0.2, -0.15) is 0 Å². The summed E-state index contributed by atoms with van der Waals surface area (Å²) in [7, 11) is 0. The minimum Gasteiger partial charge on any atom is -0.119 e. The first kappa shape index (κ1) is 9.67. The van der Waals surface area contributed by atoms with E-state index in [9.17, 15) is 0 Å². The van der Waals surface area contributed by atoms with Gasteiger partial charge in [0.05, 0.1) is 0 Å². The van der Waals surface area contributed by atoms with Gasteiger partial charge in [-0.15, -0.1) is 12.8 Å². The van der Waals surface area contributed by atoms with Crippen LogP contribution in [0, 0.1) is 47.4 Å². The molecule has 2 fully saturated rings. The van der Waals surface area contributed by atoms with Crippen LogP contribution >= 0.6 is 0 Å². The average Bonchev–Trinajstić information content (AvgIpc) is 3.06. The highest BCUT2D eigenvalue weighted by Crippen LogP contribution is 2.62. The SMILES string of the molecule is C#CC(C)(C1CC1)C(C)(C#C)C1CC1. The number of rotatable bonds is 3. The first-order valence-corrected chi connectivity index (χ1v) is 5.54. The van der Waals surface area contributed by atoms with E-state index in [-0.39, 0.29) is 10.8 Å². The molecule has 14 heavy (non-hydrogen) atoms. The Balaban J connectivity index is 2.33. The van der Waals surface area contributed by atoms with Crippen LogP contribution in [0.1, 0.15) is 39.5 Å². The molecule has 0 spiro atoms. The molecule has 0 aromatic carbocycles. The smallest absolute Gasteiger partial charge is 0.0477 e. The van der Waals surface area contributed by atoms with E-state index in [1.165, 1.54) is 25.7 Å². The Morgan fingerprint density at radius 2 is 1.14 bits per heavy atom. The Kier molecular flexibility index (Phi) is 1.94. The fourth-order valence-corrected chi connectivity index (χ4v) is 2.70. The monoisotopic (exact) mass is 186 g/mol. The summed E-state index contributed by atoms with van der Waals surface area (Å²) >= 11 is 0. The van der Waals surface area contributed by atoms with Gasteiger partial charge in [0.25, 0.3) is 0 Å². The first-order chi connectivity index (χ1) is 6.58. The van der Waals surface area contributed by atoms with Crippen molar-refractivity contribution in [2.24, 2.45) is 22.7 Å². The van der Waals surface area contributed by atoms with Gasteiger partial charge in [-0.1, -0.05) is 11.8 Å². The fourth-order valence-electron chi connectivity index (χ4n) is 2.70. The summed E-state index contributed by atoms with van der Waals surface area (Å²) in [5.74, 6) is 7.37. The molecule has 0 aromatic heterocycles. The van der Waals surface area contributed by atoms with Crippen LogP contribution in [-0.4, -0.2) is 0 Å². The Morgan fingerprint density at radius 3 is 1.29 bits per heavy atom. The summed E-state index contributed by atoms with van der Waals surface area (Å²) in [4.78, 5) is 0.